The number of imidazole rings is 1. The van der Waals surface area contributed by atoms with Crippen LogP contribution in [0.25, 0.3) is 11.2 Å². The first-order valence-corrected chi connectivity index (χ1v) is 7.16. The Labute approximate surface area is 122 Å². The SMILES string of the molecule is CC(C)Cn1c(C2COCCN2)nc2c(N)nc(N)nc21. The summed E-state index contributed by atoms with van der Waals surface area (Å²) < 4.78 is 7.61. The van der Waals surface area contributed by atoms with Crippen LogP contribution < -0.4 is 16.8 Å². The average Bonchev–Trinajstić information content (AvgIpc) is 2.78. The van der Waals surface area contributed by atoms with E-state index in [-0.39, 0.29) is 12.0 Å². The van der Waals surface area contributed by atoms with Gasteiger partial charge in [0, 0.05) is 13.1 Å². The van der Waals surface area contributed by atoms with E-state index in [0.717, 1.165) is 25.5 Å². The molecule has 0 aliphatic carbocycles. The number of nitrogens with one attached hydrogen (secondary N) is 1. The third kappa shape index (κ3) is 2.64. The first-order valence-electron chi connectivity index (χ1n) is 7.16. The van der Waals surface area contributed by atoms with E-state index in [1.165, 1.54) is 0 Å². The number of anilines is 2. The van der Waals surface area contributed by atoms with E-state index < -0.39 is 0 Å². The second kappa shape index (κ2) is 5.45. The Bertz CT molecular complexity index is 645. The second-order valence-corrected chi connectivity index (χ2v) is 5.70. The molecule has 1 saturated heterocycles. The maximum absolute atomic E-state index is 5.94. The van der Waals surface area contributed by atoms with Gasteiger partial charge in [-0.05, 0) is 5.92 Å². The van der Waals surface area contributed by atoms with Gasteiger partial charge in [0.2, 0.25) is 5.95 Å². The van der Waals surface area contributed by atoms with Crippen molar-refractivity contribution < 1.29 is 4.74 Å². The number of morpholine rings is 1. The lowest BCUT2D eigenvalue weighted by molar-refractivity contribution is 0.0730. The Balaban J connectivity index is 2.14. The van der Waals surface area contributed by atoms with Crippen LogP contribution in [0, 0.1) is 5.92 Å². The van der Waals surface area contributed by atoms with Crippen molar-refractivity contribution >= 4 is 22.9 Å². The smallest absolute Gasteiger partial charge is 0.224 e. The molecule has 0 amide bonds. The standard InChI is InChI=1S/C13H21N7O/c1-7(2)5-20-11(8-6-21-4-3-16-8)17-9-10(14)18-13(15)19-12(9)20/h7-8,16H,3-6H2,1-2H3,(H4,14,15,18,19). The minimum atomic E-state index is 0.0346. The molecule has 0 radical (unpaired) electrons. The molecule has 8 nitrogen and oxygen atoms in total. The Morgan fingerprint density at radius 3 is 2.81 bits per heavy atom. The highest BCUT2D eigenvalue weighted by Gasteiger charge is 2.25. The Morgan fingerprint density at radius 1 is 1.33 bits per heavy atom. The van der Waals surface area contributed by atoms with Crippen LogP contribution in [0.15, 0.2) is 0 Å². The van der Waals surface area contributed by atoms with E-state index in [9.17, 15) is 0 Å². The summed E-state index contributed by atoms with van der Waals surface area (Å²) in [7, 11) is 0. The summed E-state index contributed by atoms with van der Waals surface area (Å²) in [5.41, 5.74) is 13.0. The monoisotopic (exact) mass is 291 g/mol. The van der Waals surface area contributed by atoms with Gasteiger partial charge in [-0.2, -0.15) is 9.97 Å². The first-order chi connectivity index (χ1) is 10.1. The van der Waals surface area contributed by atoms with Crippen molar-refractivity contribution in [2.75, 3.05) is 31.2 Å². The van der Waals surface area contributed by atoms with E-state index >= 15 is 0 Å². The Morgan fingerprint density at radius 2 is 2.14 bits per heavy atom. The molecule has 2 aromatic rings. The largest absolute Gasteiger partial charge is 0.382 e. The van der Waals surface area contributed by atoms with Gasteiger partial charge in [-0.1, -0.05) is 13.8 Å². The molecule has 1 unspecified atom stereocenters. The highest BCUT2D eigenvalue weighted by atomic mass is 16.5. The average molecular weight is 291 g/mol. The zero-order valence-corrected chi connectivity index (χ0v) is 12.3. The first kappa shape index (κ1) is 14.0. The number of aromatic nitrogens is 4. The van der Waals surface area contributed by atoms with Gasteiger partial charge in [0.15, 0.2) is 17.0 Å². The molecule has 1 aliphatic heterocycles. The van der Waals surface area contributed by atoms with Crippen LogP contribution in [0.1, 0.15) is 25.7 Å². The van der Waals surface area contributed by atoms with Gasteiger partial charge in [-0.25, -0.2) is 4.98 Å². The van der Waals surface area contributed by atoms with Crippen molar-refractivity contribution in [2.45, 2.75) is 26.4 Å². The molecule has 3 rings (SSSR count). The third-order valence-corrected chi connectivity index (χ3v) is 3.45. The van der Waals surface area contributed by atoms with Crippen molar-refractivity contribution in [3.63, 3.8) is 0 Å². The summed E-state index contributed by atoms with van der Waals surface area (Å²) in [6, 6.07) is 0.0346. The van der Waals surface area contributed by atoms with Crippen LogP contribution in [0.5, 0.6) is 0 Å². The van der Waals surface area contributed by atoms with E-state index in [4.69, 9.17) is 16.2 Å². The summed E-state index contributed by atoms with van der Waals surface area (Å²) in [6.07, 6.45) is 0. The molecule has 1 aliphatic rings. The van der Waals surface area contributed by atoms with Crippen LogP contribution in [-0.4, -0.2) is 39.3 Å². The second-order valence-electron chi connectivity index (χ2n) is 5.70. The molecule has 0 spiro atoms. The highest BCUT2D eigenvalue weighted by molar-refractivity contribution is 5.83. The van der Waals surface area contributed by atoms with Crippen LogP contribution in [0.2, 0.25) is 0 Å². The summed E-state index contributed by atoms with van der Waals surface area (Å²) in [5.74, 6) is 1.82. The topological polar surface area (TPSA) is 117 Å². The van der Waals surface area contributed by atoms with E-state index in [1.807, 2.05) is 0 Å². The van der Waals surface area contributed by atoms with Crippen molar-refractivity contribution in [3.8, 4) is 0 Å². The Hall–Kier alpha value is -1.93. The predicted molar refractivity (Wildman–Crippen MR) is 80.5 cm³/mol. The van der Waals surface area contributed by atoms with Gasteiger partial charge in [-0.15, -0.1) is 0 Å². The van der Waals surface area contributed by atoms with Crippen molar-refractivity contribution in [1.82, 2.24) is 24.8 Å². The van der Waals surface area contributed by atoms with Crippen molar-refractivity contribution in [1.29, 1.82) is 0 Å². The number of fused-ring (bicyclic) bond motifs is 1. The van der Waals surface area contributed by atoms with Gasteiger partial charge >= 0.3 is 0 Å². The van der Waals surface area contributed by atoms with Gasteiger partial charge in [0.1, 0.15) is 5.82 Å². The van der Waals surface area contributed by atoms with Crippen LogP contribution in [0.4, 0.5) is 11.8 Å². The van der Waals surface area contributed by atoms with Crippen molar-refractivity contribution in [2.24, 2.45) is 5.92 Å². The minimum absolute atomic E-state index is 0.0346. The van der Waals surface area contributed by atoms with Gasteiger partial charge in [-0.3, -0.25) is 0 Å². The van der Waals surface area contributed by atoms with E-state index in [2.05, 4.69) is 38.7 Å². The van der Waals surface area contributed by atoms with Gasteiger partial charge in [0.25, 0.3) is 0 Å². The van der Waals surface area contributed by atoms with Gasteiger partial charge in [0.05, 0.1) is 19.3 Å². The normalized spacial score (nSPS) is 19.5. The fourth-order valence-corrected chi connectivity index (χ4v) is 2.60. The van der Waals surface area contributed by atoms with E-state index in [1.54, 1.807) is 0 Å². The lowest BCUT2D eigenvalue weighted by atomic mass is 10.2. The summed E-state index contributed by atoms with van der Waals surface area (Å²) in [6.45, 7) is 7.20. The maximum atomic E-state index is 5.94. The fourth-order valence-electron chi connectivity index (χ4n) is 2.60. The number of nitrogens with zero attached hydrogens (tertiary/aromatic N) is 4. The number of rotatable bonds is 3. The number of nitrogen functional groups attached to an aromatic ring is 2. The molecule has 0 saturated carbocycles. The molecule has 114 valence electrons. The van der Waals surface area contributed by atoms with Crippen LogP contribution in [0.3, 0.4) is 0 Å². The number of nitrogens with two attached hydrogens (primary N) is 2. The molecule has 5 N–H and O–H groups in total. The van der Waals surface area contributed by atoms with Crippen LogP contribution in [-0.2, 0) is 11.3 Å². The Kier molecular flexibility index (Phi) is 3.64. The lowest BCUT2D eigenvalue weighted by Gasteiger charge is -2.24. The molecule has 0 bridgehead atoms. The molecule has 0 aromatic carbocycles. The zero-order valence-electron chi connectivity index (χ0n) is 12.3. The molecule has 1 atom stereocenters. The summed E-state index contributed by atoms with van der Waals surface area (Å²) >= 11 is 0. The number of hydrogen-bond acceptors (Lipinski definition) is 7. The summed E-state index contributed by atoms with van der Waals surface area (Å²) in [4.78, 5) is 13.0. The molecular weight excluding hydrogens is 270 g/mol. The maximum Gasteiger partial charge on any atom is 0.224 e. The molecule has 1 fully saturated rings. The number of ether oxygens (including phenoxy) is 1. The minimum Gasteiger partial charge on any atom is -0.382 e. The molecule has 21 heavy (non-hydrogen) atoms. The fraction of sp³-hybridized carbons (Fsp3) is 0.615. The summed E-state index contributed by atoms with van der Waals surface area (Å²) in [5, 5.41) is 3.42. The molecule has 3 heterocycles. The van der Waals surface area contributed by atoms with Crippen LogP contribution >= 0.6 is 0 Å². The molecule has 2 aromatic heterocycles. The molecular formula is C13H21N7O. The third-order valence-electron chi connectivity index (χ3n) is 3.45. The molecule has 8 heteroatoms. The van der Waals surface area contributed by atoms with Gasteiger partial charge < -0.3 is 26.1 Å². The lowest BCUT2D eigenvalue weighted by Crippen LogP contribution is -2.36. The van der Waals surface area contributed by atoms with Crippen molar-refractivity contribution in [3.05, 3.63) is 5.82 Å². The predicted octanol–water partition coefficient (Wildman–Crippen LogP) is 0.308. The quantitative estimate of drug-likeness (QED) is 0.745. The van der Waals surface area contributed by atoms with E-state index in [0.29, 0.717) is 29.5 Å². The highest BCUT2D eigenvalue weighted by Crippen LogP contribution is 2.25. The number of hydrogen-bond donors (Lipinski definition) is 3. The zero-order chi connectivity index (χ0) is 15.0.